The van der Waals surface area contributed by atoms with Crippen molar-refractivity contribution in [3.63, 3.8) is 0 Å². The van der Waals surface area contributed by atoms with Crippen LogP contribution in [0.3, 0.4) is 0 Å². The van der Waals surface area contributed by atoms with Gasteiger partial charge in [0.05, 0.1) is 46.1 Å². The van der Waals surface area contributed by atoms with E-state index >= 15 is 4.39 Å². The third-order valence-electron chi connectivity index (χ3n) is 12.0. The van der Waals surface area contributed by atoms with Gasteiger partial charge in [-0.2, -0.15) is 13.6 Å². The Morgan fingerprint density at radius 3 is 2.13 bits per heavy atom. The number of phosphoric acid groups is 4. The Labute approximate surface area is 413 Å². The van der Waals surface area contributed by atoms with Crippen LogP contribution in [0.2, 0.25) is 0 Å². The summed E-state index contributed by atoms with van der Waals surface area (Å²) >= 11 is 0. The van der Waals surface area contributed by atoms with Crippen LogP contribution >= 0.6 is 31.3 Å². The van der Waals surface area contributed by atoms with E-state index in [1.165, 1.54) is 22.5 Å². The molecule has 0 aromatic carbocycles. The number of hydrogen-bond donors (Lipinski definition) is 12. The predicted molar refractivity (Wildman–Crippen MR) is 236 cm³/mol. The second kappa shape index (κ2) is 19.1. The van der Waals surface area contributed by atoms with Gasteiger partial charge in [0, 0.05) is 0 Å². The number of nitrogen functional groups attached to an aromatic ring is 3. The summed E-state index contributed by atoms with van der Waals surface area (Å²) in [4.78, 5) is 95.6. The highest BCUT2D eigenvalue weighted by Crippen LogP contribution is 2.68. The van der Waals surface area contributed by atoms with E-state index in [2.05, 4.69) is 53.0 Å². The van der Waals surface area contributed by atoms with E-state index < -0.39 is 142 Å². The first-order chi connectivity index (χ1) is 35.2. The number of nitrogens with zero attached hydrogens (tertiary/aromatic N) is 10. The zero-order valence-electron chi connectivity index (χ0n) is 37.5. The zero-order chi connectivity index (χ0) is 53.9. The Bertz CT molecular complexity index is 3550. The van der Waals surface area contributed by atoms with Gasteiger partial charge in [-0.1, -0.05) is 4.98 Å². The van der Waals surface area contributed by atoms with Crippen LogP contribution < -0.4 is 32.9 Å². The lowest BCUT2D eigenvalue weighted by molar-refractivity contribution is -0.744. The van der Waals surface area contributed by atoms with Gasteiger partial charge in [-0.3, -0.25) is 51.4 Å². The fourth-order valence-corrected chi connectivity index (χ4v) is 13.3. The van der Waals surface area contributed by atoms with Gasteiger partial charge in [-0.25, -0.2) is 47.2 Å². The van der Waals surface area contributed by atoms with E-state index in [9.17, 15) is 62.7 Å². The van der Waals surface area contributed by atoms with Gasteiger partial charge in [0.15, 0.2) is 47.6 Å². The number of aromatic amines is 2. The molecule has 0 amide bonds. The number of ether oxygens (including phenoxy) is 4. The van der Waals surface area contributed by atoms with Crippen LogP contribution in [0.1, 0.15) is 18.7 Å². The predicted octanol–water partition coefficient (Wildman–Crippen LogP) is -3.98. The number of H-pyrrole nitrogens is 2. The molecular weight excluding hydrogens is 1110 g/mol. The minimum Gasteiger partial charge on any atom is -0.387 e. The molecule has 4 fully saturated rings. The number of aryl methyl sites for hydroxylation is 1. The quantitative estimate of drug-likeness (QED) is 0.0288. The normalized spacial score (nSPS) is 32.0. The third kappa shape index (κ3) is 9.94. The van der Waals surface area contributed by atoms with Gasteiger partial charge in [-0.05, 0) is 0 Å². The number of nitrogens with two attached hydrogens (primary N) is 3. The van der Waals surface area contributed by atoms with Gasteiger partial charge >= 0.3 is 36.9 Å². The molecule has 0 spiro atoms. The summed E-state index contributed by atoms with van der Waals surface area (Å²) in [5.41, 5.74) is 12.9. The smallest absolute Gasteiger partial charge is 0.387 e. The summed E-state index contributed by atoms with van der Waals surface area (Å²) in [7, 11) is -22.2. The number of aromatic nitrogens is 12. The Morgan fingerprint density at radius 1 is 0.787 bits per heavy atom. The maximum Gasteiger partial charge on any atom is 0.490 e. The van der Waals surface area contributed by atoms with Crippen LogP contribution in [-0.4, -0.2) is 169 Å². The first-order valence-electron chi connectivity index (χ1n) is 21.2. The van der Waals surface area contributed by atoms with Crippen molar-refractivity contribution in [2.45, 2.75) is 73.2 Å². The average molecular weight is 1150 g/mol. The number of phosphoric ester groups is 3. The van der Waals surface area contributed by atoms with Crippen molar-refractivity contribution < 1.29 is 108 Å². The highest BCUT2D eigenvalue weighted by atomic mass is 31.3. The Balaban J connectivity index is 0.809. The molecule has 0 aliphatic carbocycles. The molecule has 43 heteroatoms. The molecule has 4 aliphatic heterocycles. The molecule has 15 N–H and O–H groups in total. The van der Waals surface area contributed by atoms with Crippen LogP contribution in [-0.2, 0) is 71.0 Å². The highest BCUT2D eigenvalue weighted by molar-refractivity contribution is 7.66. The molecule has 4 aliphatic rings. The Morgan fingerprint density at radius 2 is 1.41 bits per heavy atom. The number of anilines is 3. The topological polar surface area (TPSA) is 542 Å². The van der Waals surface area contributed by atoms with Gasteiger partial charge in [0.2, 0.25) is 17.7 Å². The first kappa shape index (κ1) is 53.2. The number of hydrogen-bond acceptors (Lipinski definition) is 28. The van der Waals surface area contributed by atoms with Crippen LogP contribution in [0.15, 0.2) is 34.9 Å². The zero-order valence-corrected chi connectivity index (χ0v) is 41.1. The van der Waals surface area contributed by atoms with Crippen LogP contribution in [0.5, 0.6) is 0 Å². The minimum absolute atomic E-state index is 0.0171. The molecule has 38 nitrogen and oxygen atoms in total. The number of aliphatic hydroxyl groups excluding tert-OH is 3. The molecule has 0 saturated carbocycles. The molecule has 6 aromatic rings. The highest BCUT2D eigenvalue weighted by Gasteiger charge is 2.66. The van der Waals surface area contributed by atoms with Crippen LogP contribution in [0, 0.1) is 0 Å². The monoisotopic (exact) mass is 1150 g/mol. The Hall–Kier alpha value is -5.18. The average Bonchev–Trinajstić information content (AvgIpc) is 4.23. The lowest BCUT2D eigenvalue weighted by Gasteiger charge is -2.32. The summed E-state index contributed by atoms with van der Waals surface area (Å²) in [6.07, 6.45) is -15.0. The molecule has 10 rings (SSSR count). The number of fused-ring (bicyclic) bond motifs is 5. The van der Waals surface area contributed by atoms with E-state index in [0.29, 0.717) is 0 Å². The summed E-state index contributed by atoms with van der Waals surface area (Å²) in [6, 6.07) is 0. The second-order valence-electron chi connectivity index (χ2n) is 16.9. The van der Waals surface area contributed by atoms with Crippen LogP contribution in [0.4, 0.5) is 22.1 Å². The van der Waals surface area contributed by atoms with Crippen molar-refractivity contribution in [3.8, 4) is 0 Å². The standard InChI is InChI=1S/C32H40FN15O23P4/c1-45-9-48(24-15(45)26(53)44-31(36)42-24)27-12(33)16(49)10(66-27)2-64-73(56,57)70-75(60,61)71-74(58,59)65-5-32-4-62-19(29(68-32)46-7-39-13-21(34)37-6-38-22(13)46)20(32)69-72(54,55)63-3-11-17(50)18(51)28(67-11)47-8-40-14-23(47)41-30(35)43-25(14)52/h6-12,16-20,27-29,49-51H,2-5H2,1H3,(H11-,34,35,36,37,38,41,42,43,44,52,53,54,55,56,57,58,59,60,61)/p+1/t10-,11-,12+,16?,17?,18+,19+,20?,27-,28-,29-,32-/m1/s1. The number of halogens is 1. The molecule has 75 heavy (non-hydrogen) atoms. The van der Waals surface area contributed by atoms with Crippen molar-refractivity contribution in [2.24, 2.45) is 7.05 Å². The maximum atomic E-state index is 15.4. The molecule has 7 unspecified atom stereocenters. The summed E-state index contributed by atoms with van der Waals surface area (Å²) in [5, 5.41) is 32.3. The third-order valence-corrected chi connectivity index (χ3v) is 17.2. The SMILES string of the molecule is Cn1c[n+]([C@@H]2O[C@H](COP(=O)(O)OP(=O)(O)OP(=O)(O)OC[C@]34CO[C@@H](C3OP(=O)(O)OC[C@H]3O[C@@H](n5cnc6c(=O)[nH]c(N)nc65)[C@@H](O)C3O)[C@H](n3cnc5c(N)ncnc53)O4)C(O)[C@@H]2F)c2nc(N)[nH]c(=O)c21. The van der Waals surface area contributed by atoms with Crippen molar-refractivity contribution >= 4 is 82.5 Å². The lowest BCUT2D eigenvalue weighted by atomic mass is 10.0. The van der Waals surface area contributed by atoms with E-state index in [1.807, 2.05) is 0 Å². The summed E-state index contributed by atoms with van der Waals surface area (Å²) < 4.78 is 125. The van der Waals surface area contributed by atoms with E-state index in [4.69, 9.17) is 49.7 Å². The number of alkyl halides is 1. The first-order valence-corrected chi connectivity index (χ1v) is 27.2. The molecule has 408 valence electrons. The van der Waals surface area contributed by atoms with Gasteiger partial charge < -0.3 is 71.0 Å². The Kier molecular flexibility index (Phi) is 13.5. The number of nitrogens with one attached hydrogen (secondary N) is 2. The lowest BCUT2D eigenvalue weighted by Crippen LogP contribution is -2.45. The van der Waals surface area contributed by atoms with Crippen molar-refractivity contribution in [1.29, 1.82) is 0 Å². The minimum atomic E-state index is -6.24. The van der Waals surface area contributed by atoms with Crippen molar-refractivity contribution in [2.75, 3.05) is 43.6 Å². The van der Waals surface area contributed by atoms with Crippen molar-refractivity contribution in [1.82, 2.24) is 53.6 Å². The summed E-state index contributed by atoms with van der Waals surface area (Å²) in [6.45, 7) is -4.19. The largest absolute Gasteiger partial charge is 0.490 e. The van der Waals surface area contributed by atoms with E-state index in [1.54, 1.807) is 0 Å². The van der Waals surface area contributed by atoms with Gasteiger partial charge in [-0.15, -0.1) is 0 Å². The van der Waals surface area contributed by atoms with E-state index in [0.717, 1.165) is 28.1 Å². The number of rotatable bonds is 18. The van der Waals surface area contributed by atoms with Crippen LogP contribution in [0.25, 0.3) is 33.5 Å². The fraction of sp³-hybridized carbons (Fsp3) is 0.531. The maximum absolute atomic E-state index is 15.4. The molecule has 2 bridgehead atoms. The van der Waals surface area contributed by atoms with E-state index in [-0.39, 0.29) is 51.2 Å². The second-order valence-corrected chi connectivity index (χ2v) is 23.0. The molecule has 16 atom stereocenters. The van der Waals surface area contributed by atoms with Gasteiger partial charge in [0.1, 0.15) is 60.2 Å². The van der Waals surface area contributed by atoms with Gasteiger partial charge in [0.25, 0.3) is 17.1 Å². The number of aliphatic hydroxyl groups is 3. The van der Waals surface area contributed by atoms with Crippen molar-refractivity contribution in [3.05, 3.63) is 46.0 Å². The molecule has 4 saturated heterocycles. The summed E-state index contributed by atoms with van der Waals surface area (Å²) in [5.74, 6) is -0.751. The molecule has 6 aromatic heterocycles. The molecule has 0 radical (unpaired) electrons. The molecular formula is C32H41FN15O23P4+. The number of imidazole rings is 3. The fourth-order valence-electron chi connectivity index (χ4n) is 8.70. The molecule has 10 heterocycles.